The van der Waals surface area contributed by atoms with Gasteiger partial charge in [0.25, 0.3) is 0 Å². The van der Waals surface area contributed by atoms with Crippen LogP contribution in [0.15, 0.2) is 52.0 Å². The summed E-state index contributed by atoms with van der Waals surface area (Å²) in [7, 11) is 0. The van der Waals surface area contributed by atoms with Gasteiger partial charge in [-0.2, -0.15) is 0 Å². The van der Waals surface area contributed by atoms with E-state index in [-0.39, 0.29) is 5.91 Å². The zero-order valence-corrected chi connectivity index (χ0v) is 10.4. The van der Waals surface area contributed by atoms with Gasteiger partial charge in [0.15, 0.2) is 11.6 Å². The molecule has 1 N–H and O–H groups in total. The molecule has 1 amide bonds. The molecular formula is C12H9BrN2O2. The molecule has 0 aliphatic carbocycles. The maximum absolute atomic E-state index is 11.1. The molecule has 4 nitrogen and oxygen atoms in total. The molecule has 2 aromatic rings. The Morgan fingerprint density at radius 1 is 1.41 bits per heavy atom. The molecule has 0 spiro atoms. The Morgan fingerprint density at radius 3 is 2.76 bits per heavy atom. The fraction of sp³-hybridized carbons (Fsp3) is 0. The van der Waals surface area contributed by atoms with Gasteiger partial charge >= 0.3 is 0 Å². The molecule has 0 fully saturated rings. The minimum atomic E-state index is -0.335. The highest BCUT2D eigenvalue weighted by Crippen LogP contribution is 2.33. The van der Waals surface area contributed by atoms with Crippen LogP contribution in [-0.2, 0) is 4.79 Å². The van der Waals surface area contributed by atoms with E-state index in [1.165, 1.54) is 6.08 Å². The maximum atomic E-state index is 11.1. The lowest BCUT2D eigenvalue weighted by Crippen LogP contribution is -2.07. The summed E-state index contributed by atoms with van der Waals surface area (Å²) in [6, 6.07) is 9.49. The highest BCUT2D eigenvalue weighted by molar-refractivity contribution is 9.10. The van der Waals surface area contributed by atoms with Crippen molar-refractivity contribution in [3.63, 3.8) is 0 Å². The van der Waals surface area contributed by atoms with Crippen LogP contribution in [-0.4, -0.2) is 11.1 Å². The maximum Gasteiger partial charge on any atom is 0.249 e. The third-order valence-electron chi connectivity index (χ3n) is 2.10. The number of amides is 1. The van der Waals surface area contributed by atoms with Gasteiger partial charge in [0.2, 0.25) is 5.91 Å². The Balaban J connectivity index is 2.33. The Hall–Kier alpha value is -1.88. The molecule has 0 aliphatic rings. The second kappa shape index (κ2) is 4.97. The van der Waals surface area contributed by atoms with E-state index >= 15 is 0 Å². The van der Waals surface area contributed by atoms with Gasteiger partial charge in [0, 0.05) is 5.56 Å². The second-order valence-corrected chi connectivity index (χ2v) is 4.03. The van der Waals surface area contributed by atoms with E-state index in [4.69, 9.17) is 4.52 Å². The molecule has 0 unspecified atom stereocenters. The number of nitrogens with zero attached hydrogens (tertiary/aromatic N) is 1. The zero-order chi connectivity index (χ0) is 12.3. The van der Waals surface area contributed by atoms with Crippen molar-refractivity contribution in [2.45, 2.75) is 0 Å². The van der Waals surface area contributed by atoms with Crippen LogP contribution in [0.1, 0.15) is 0 Å². The molecule has 5 heteroatoms. The van der Waals surface area contributed by atoms with Gasteiger partial charge in [0.05, 0.1) is 0 Å². The summed E-state index contributed by atoms with van der Waals surface area (Å²) in [6.07, 6.45) is 1.17. The number of carbonyl (C=O) groups is 1. The third kappa shape index (κ3) is 2.45. The summed E-state index contributed by atoms with van der Waals surface area (Å²) < 4.78 is 5.79. The molecule has 0 aliphatic heterocycles. The fourth-order valence-electron chi connectivity index (χ4n) is 1.29. The van der Waals surface area contributed by atoms with Crippen LogP contribution < -0.4 is 5.32 Å². The van der Waals surface area contributed by atoms with Crippen molar-refractivity contribution >= 4 is 27.7 Å². The van der Waals surface area contributed by atoms with Gasteiger partial charge in [-0.15, -0.1) is 0 Å². The molecule has 86 valence electrons. The number of carbonyl (C=O) groups excluding carboxylic acids is 1. The molecule has 0 atom stereocenters. The monoisotopic (exact) mass is 292 g/mol. The standard InChI is InChI=1S/C12H9BrN2O2/c1-2-9(16)14-12-10(13)11(17-15-12)8-6-4-3-5-7-8/h2-7H,1H2,(H,14,15,16). The number of benzene rings is 1. The zero-order valence-electron chi connectivity index (χ0n) is 8.81. The number of halogens is 1. The predicted molar refractivity (Wildman–Crippen MR) is 68.5 cm³/mol. The molecule has 2 rings (SSSR count). The Kier molecular flexibility index (Phi) is 3.39. The van der Waals surface area contributed by atoms with E-state index < -0.39 is 0 Å². The number of hydrogen-bond donors (Lipinski definition) is 1. The Bertz CT molecular complexity index is 549. The van der Waals surface area contributed by atoms with Gasteiger partial charge < -0.3 is 9.84 Å². The van der Waals surface area contributed by atoms with Crippen molar-refractivity contribution in [3.8, 4) is 11.3 Å². The van der Waals surface area contributed by atoms with E-state index in [0.29, 0.717) is 16.1 Å². The largest absolute Gasteiger partial charge is 0.353 e. The minimum Gasteiger partial charge on any atom is -0.353 e. The molecule has 0 radical (unpaired) electrons. The minimum absolute atomic E-state index is 0.335. The Morgan fingerprint density at radius 2 is 2.12 bits per heavy atom. The summed E-state index contributed by atoms with van der Waals surface area (Å²) >= 11 is 3.34. The Labute approximate surface area is 106 Å². The summed E-state index contributed by atoms with van der Waals surface area (Å²) in [4.78, 5) is 11.1. The van der Waals surface area contributed by atoms with Gasteiger partial charge in [-0.25, -0.2) is 0 Å². The van der Waals surface area contributed by atoms with Crippen LogP contribution in [0.5, 0.6) is 0 Å². The van der Waals surface area contributed by atoms with E-state index in [1.54, 1.807) is 0 Å². The highest BCUT2D eigenvalue weighted by Gasteiger charge is 2.15. The molecule has 1 aromatic carbocycles. The van der Waals surface area contributed by atoms with E-state index in [9.17, 15) is 4.79 Å². The lowest BCUT2D eigenvalue weighted by molar-refractivity contribution is -0.111. The molecular weight excluding hydrogens is 284 g/mol. The molecule has 0 saturated carbocycles. The van der Waals surface area contributed by atoms with Gasteiger partial charge in [-0.3, -0.25) is 4.79 Å². The first-order valence-corrected chi connectivity index (χ1v) is 5.65. The first kappa shape index (κ1) is 11.6. The van der Waals surface area contributed by atoms with Crippen molar-refractivity contribution in [1.82, 2.24) is 5.16 Å². The van der Waals surface area contributed by atoms with Crippen molar-refractivity contribution in [3.05, 3.63) is 47.5 Å². The van der Waals surface area contributed by atoms with E-state index in [0.717, 1.165) is 5.56 Å². The van der Waals surface area contributed by atoms with Crippen molar-refractivity contribution in [2.75, 3.05) is 5.32 Å². The van der Waals surface area contributed by atoms with Crippen molar-refractivity contribution < 1.29 is 9.32 Å². The summed E-state index contributed by atoms with van der Waals surface area (Å²) in [5, 5.41) is 6.32. The van der Waals surface area contributed by atoms with Crippen molar-refractivity contribution in [2.24, 2.45) is 0 Å². The first-order chi connectivity index (χ1) is 8.22. The quantitative estimate of drug-likeness (QED) is 0.884. The summed E-state index contributed by atoms with van der Waals surface area (Å²) in [5.41, 5.74) is 0.881. The number of rotatable bonds is 3. The molecule has 1 aromatic heterocycles. The SMILES string of the molecule is C=CC(=O)Nc1noc(-c2ccccc2)c1Br. The average Bonchev–Trinajstić information content (AvgIpc) is 2.72. The van der Waals surface area contributed by atoms with E-state index in [2.05, 4.69) is 33.0 Å². The number of anilines is 1. The lowest BCUT2D eigenvalue weighted by Gasteiger charge is -1.97. The topological polar surface area (TPSA) is 55.1 Å². The number of nitrogens with one attached hydrogen (secondary N) is 1. The molecule has 0 saturated heterocycles. The van der Waals surface area contributed by atoms with Gasteiger partial charge in [0.1, 0.15) is 4.47 Å². The fourth-order valence-corrected chi connectivity index (χ4v) is 1.77. The van der Waals surface area contributed by atoms with Crippen LogP contribution in [0.2, 0.25) is 0 Å². The van der Waals surface area contributed by atoms with Crippen LogP contribution >= 0.6 is 15.9 Å². The highest BCUT2D eigenvalue weighted by atomic mass is 79.9. The summed E-state index contributed by atoms with van der Waals surface area (Å²) in [5.74, 6) is 0.581. The van der Waals surface area contributed by atoms with Crippen LogP contribution in [0, 0.1) is 0 Å². The second-order valence-electron chi connectivity index (χ2n) is 3.23. The lowest BCUT2D eigenvalue weighted by atomic mass is 10.2. The van der Waals surface area contributed by atoms with Gasteiger partial charge in [-0.1, -0.05) is 42.1 Å². The van der Waals surface area contributed by atoms with E-state index in [1.807, 2.05) is 30.3 Å². The average molecular weight is 293 g/mol. The predicted octanol–water partition coefficient (Wildman–Crippen LogP) is 3.23. The smallest absolute Gasteiger partial charge is 0.249 e. The number of aromatic nitrogens is 1. The third-order valence-corrected chi connectivity index (χ3v) is 2.83. The van der Waals surface area contributed by atoms with Crippen LogP contribution in [0.3, 0.4) is 0 Å². The number of hydrogen-bond acceptors (Lipinski definition) is 3. The van der Waals surface area contributed by atoms with Crippen molar-refractivity contribution in [1.29, 1.82) is 0 Å². The molecule has 17 heavy (non-hydrogen) atoms. The van der Waals surface area contributed by atoms with Gasteiger partial charge in [-0.05, 0) is 22.0 Å². The molecule has 0 bridgehead atoms. The molecule has 1 heterocycles. The van der Waals surface area contributed by atoms with Crippen LogP contribution in [0.4, 0.5) is 5.82 Å². The summed E-state index contributed by atoms with van der Waals surface area (Å²) in [6.45, 7) is 3.37. The first-order valence-electron chi connectivity index (χ1n) is 4.86. The normalized spacial score (nSPS) is 9.94. The van der Waals surface area contributed by atoms with Crippen LogP contribution in [0.25, 0.3) is 11.3 Å².